The largest absolute Gasteiger partial charge is 0.453 e. The Labute approximate surface area is 140 Å². The van der Waals surface area contributed by atoms with Crippen molar-refractivity contribution < 1.29 is 79.0 Å². The predicted molar refractivity (Wildman–Crippen MR) is 49.5 cm³/mol. The van der Waals surface area contributed by atoms with Gasteiger partial charge in [0.25, 0.3) is 0 Å². The lowest BCUT2D eigenvalue weighted by Crippen LogP contribution is -2.81. The summed E-state index contributed by atoms with van der Waals surface area (Å²) in [4.78, 5) is 0. The first kappa shape index (κ1) is 26.7. The van der Waals surface area contributed by atoms with E-state index in [9.17, 15) is 79.0 Å². The Bertz CT molecular complexity index is 488. The fourth-order valence-corrected chi connectivity index (χ4v) is 1.99. The van der Waals surface area contributed by atoms with E-state index in [4.69, 9.17) is 0 Å². The summed E-state index contributed by atoms with van der Waals surface area (Å²) in [6.45, 7) is 0. The first-order chi connectivity index (χ1) is 11.6. The van der Waals surface area contributed by atoms with Crippen molar-refractivity contribution in [2.45, 2.75) is 48.0 Å². The Morgan fingerprint density at radius 1 is 0.393 bits per heavy atom. The van der Waals surface area contributed by atoms with Crippen LogP contribution in [0.15, 0.2) is 0 Å². The van der Waals surface area contributed by atoms with Crippen LogP contribution in [0.4, 0.5) is 79.0 Å². The molecule has 0 aromatic rings. The molecule has 1 unspecified atom stereocenters. The third kappa shape index (κ3) is 3.64. The second kappa shape index (κ2) is 6.35. The second-order valence-corrected chi connectivity index (χ2v) is 5.13. The van der Waals surface area contributed by atoms with Crippen LogP contribution in [0.3, 0.4) is 0 Å². The summed E-state index contributed by atoms with van der Waals surface area (Å²) in [5, 5.41) is 0. The maximum Gasteiger partial charge on any atom is 0.453 e. The van der Waals surface area contributed by atoms with Gasteiger partial charge in [-0.15, -0.1) is 0 Å². The molecule has 0 aromatic carbocycles. The minimum absolute atomic E-state index is 3.29. The van der Waals surface area contributed by atoms with E-state index >= 15 is 0 Å². The average Bonchev–Trinajstić information content (AvgIpc) is 2.31. The molecule has 0 fully saturated rings. The van der Waals surface area contributed by atoms with Gasteiger partial charge in [-0.1, -0.05) is 0 Å². The standard InChI is InChI=1S/C9H3F18N/c10-2(5(13,14)15,6(16,17)18)1(4(11,12)9(25,26)27)3(28,7(19,20)21)8(22,23)24/h1H,28H2. The second-order valence-electron chi connectivity index (χ2n) is 5.13. The lowest BCUT2D eigenvalue weighted by molar-refractivity contribution is -0.439. The first-order valence-corrected chi connectivity index (χ1v) is 5.81. The molecule has 0 aliphatic carbocycles. The van der Waals surface area contributed by atoms with Gasteiger partial charge < -0.3 is 5.73 Å². The molecular weight excluding hydrogens is 464 g/mol. The number of hydrogen-bond donors (Lipinski definition) is 1. The van der Waals surface area contributed by atoms with Gasteiger partial charge in [-0.05, 0) is 0 Å². The number of nitrogens with two attached hydrogens (primary N) is 1. The topological polar surface area (TPSA) is 26.0 Å². The summed E-state index contributed by atoms with van der Waals surface area (Å²) in [5.41, 5.74) is -12.8. The normalized spacial score (nSPS) is 17.7. The summed E-state index contributed by atoms with van der Waals surface area (Å²) >= 11 is 0. The Balaban J connectivity index is 7.73. The van der Waals surface area contributed by atoms with Crippen LogP contribution in [0.25, 0.3) is 0 Å². The number of halogens is 18. The van der Waals surface area contributed by atoms with E-state index in [0.29, 0.717) is 0 Å². The van der Waals surface area contributed by atoms with Gasteiger partial charge in [0.2, 0.25) is 5.54 Å². The van der Waals surface area contributed by atoms with Crippen LogP contribution in [-0.2, 0) is 0 Å². The van der Waals surface area contributed by atoms with E-state index in [1.54, 1.807) is 0 Å². The molecule has 0 rings (SSSR count). The van der Waals surface area contributed by atoms with Crippen molar-refractivity contribution in [3.8, 4) is 0 Å². The minimum atomic E-state index is -8.40. The monoisotopic (exact) mass is 467 g/mol. The Hall–Kier alpha value is -1.30. The van der Waals surface area contributed by atoms with Crippen molar-refractivity contribution in [1.82, 2.24) is 0 Å². The lowest BCUT2D eigenvalue weighted by atomic mass is 9.68. The van der Waals surface area contributed by atoms with E-state index in [2.05, 4.69) is 5.73 Å². The van der Waals surface area contributed by atoms with E-state index < -0.39 is 53.9 Å². The van der Waals surface area contributed by atoms with Gasteiger partial charge in [-0.2, -0.15) is 74.6 Å². The van der Waals surface area contributed by atoms with Crippen LogP contribution in [0.1, 0.15) is 0 Å². The first-order valence-electron chi connectivity index (χ1n) is 5.81. The minimum Gasteiger partial charge on any atom is -0.309 e. The quantitative estimate of drug-likeness (QED) is 0.549. The SMILES string of the molecule is NC(C(C(F)(F)C(F)(F)F)C(F)(C(F)(F)F)C(F)(F)F)(C(F)(F)F)C(F)(F)F. The predicted octanol–water partition coefficient (Wildman–Crippen LogP) is 5.46. The van der Waals surface area contributed by atoms with Gasteiger partial charge in [-0.25, -0.2) is 4.39 Å². The van der Waals surface area contributed by atoms with E-state index in [-0.39, 0.29) is 0 Å². The molecule has 0 heterocycles. The van der Waals surface area contributed by atoms with Gasteiger partial charge in [0, 0.05) is 0 Å². The molecule has 0 bridgehead atoms. The van der Waals surface area contributed by atoms with Crippen LogP contribution in [0, 0.1) is 5.92 Å². The highest BCUT2D eigenvalue weighted by Crippen LogP contribution is 2.64. The van der Waals surface area contributed by atoms with Gasteiger partial charge in [0.15, 0.2) is 0 Å². The Kier molecular flexibility index (Phi) is 6.05. The van der Waals surface area contributed by atoms with Crippen molar-refractivity contribution in [1.29, 1.82) is 0 Å². The van der Waals surface area contributed by atoms with Gasteiger partial charge >= 0.3 is 42.5 Å². The zero-order chi connectivity index (χ0) is 23.6. The molecule has 170 valence electrons. The zero-order valence-electron chi connectivity index (χ0n) is 12.0. The molecule has 0 spiro atoms. The molecule has 0 aromatic heterocycles. The van der Waals surface area contributed by atoms with Crippen LogP contribution in [0.2, 0.25) is 0 Å². The van der Waals surface area contributed by atoms with E-state index in [1.165, 1.54) is 0 Å². The molecule has 0 saturated carbocycles. The summed E-state index contributed by atoms with van der Waals surface area (Å²) in [7, 11) is 0. The summed E-state index contributed by atoms with van der Waals surface area (Å²) < 4.78 is 228. The molecule has 0 aliphatic rings. The highest BCUT2D eigenvalue weighted by atomic mass is 19.4. The van der Waals surface area contributed by atoms with Crippen molar-refractivity contribution >= 4 is 0 Å². The van der Waals surface area contributed by atoms with Crippen LogP contribution >= 0.6 is 0 Å². The summed E-state index contributed by atoms with van der Waals surface area (Å²) in [6, 6.07) is 0. The molecular formula is C9H3F18N. The molecule has 1 atom stereocenters. The fourth-order valence-electron chi connectivity index (χ4n) is 1.99. The van der Waals surface area contributed by atoms with Crippen LogP contribution in [0.5, 0.6) is 0 Å². The Morgan fingerprint density at radius 2 is 0.643 bits per heavy atom. The maximum atomic E-state index is 13.7. The molecule has 0 radical (unpaired) electrons. The van der Waals surface area contributed by atoms with Crippen molar-refractivity contribution in [3.63, 3.8) is 0 Å². The lowest BCUT2D eigenvalue weighted by Gasteiger charge is -2.49. The fraction of sp³-hybridized carbons (Fsp3) is 1.00. The van der Waals surface area contributed by atoms with Crippen molar-refractivity contribution in [2.75, 3.05) is 0 Å². The molecule has 28 heavy (non-hydrogen) atoms. The van der Waals surface area contributed by atoms with Crippen molar-refractivity contribution in [3.05, 3.63) is 0 Å². The Morgan fingerprint density at radius 3 is 0.786 bits per heavy atom. The molecule has 2 N–H and O–H groups in total. The van der Waals surface area contributed by atoms with Crippen molar-refractivity contribution in [2.24, 2.45) is 11.7 Å². The average molecular weight is 467 g/mol. The summed E-state index contributed by atoms with van der Waals surface area (Å²) in [5.74, 6) is -15.6. The van der Waals surface area contributed by atoms with Crippen LogP contribution in [-0.4, -0.2) is 48.0 Å². The zero-order valence-corrected chi connectivity index (χ0v) is 12.0. The molecule has 1 nitrogen and oxygen atoms in total. The number of alkyl halides is 18. The van der Waals surface area contributed by atoms with Crippen LogP contribution < -0.4 is 5.73 Å². The number of hydrogen-bond acceptors (Lipinski definition) is 1. The molecule has 0 aliphatic heterocycles. The van der Waals surface area contributed by atoms with E-state index in [0.717, 1.165) is 0 Å². The van der Waals surface area contributed by atoms with Gasteiger partial charge in [-0.3, -0.25) is 0 Å². The molecule has 0 saturated heterocycles. The third-order valence-corrected chi connectivity index (χ3v) is 3.36. The highest BCUT2D eigenvalue weighted by Gasteiger charge is 2.93. The maximum absolute atomic E-state index is 13.7. The highest BCUT2D eigenvalue weighted by molar-refractivity contribution is 5.19. The number of rotatable bonds is 3. The molecule has 0 amide bonds. The van der Waals surface area contributed by atoms with E-state index in [1.807, 2.05) is 0 Å². The van der Waals surface area contributed by atoms with Gasteiger partial charge in [0.1, 0.15) is 5.92 Å². The smallest absolute Gasteiger partial charge is 0.309 e. The van der Waals surface area contributed by atoms with Gasteiger partial charge in [0.05, 0.1) is 0 Å². The third-order valence-electron chi connectivity index (χ3n) is 3.36. The summed E-state index contributed by atoms with van der Waals surface area (Å²) in [6.07, 6.45) is -40.1. The molecule has 19 heteroatoms.